The molecule has 4 aromatic rings. The third-order valence-corrected chi connectivity index (χ3v) is 10.6. The number of carboxylic acid groups (broad SMARTS) is 1. The number of aliphatic carboxylic acids is 1. The van der Waals surface area contributed by atoms with Crippen LogP contribution in [0.25, 0.3) is 21.7 Å². The first kappa shape index (κ1) is 43.3. The number of benzene rings is 2. The highest BCUT2D eigenvalue weighted by molar-refractivity contribution is 7.98. The van der Waals surface area contributed by atoms with Gasteiger partial charge in [-0.1, -0.05) is 47.6 Å². The number of carbonyl (C=O) groups excluding carboxylic acids is 1. The van der Waals surface area contributed by atoms with Crippen molar-refractivity contribution in [2.75, 3.05) is 37.7 Å². The molecule has 1 aliphatic rings. The molecule has 17 heteroatoms. The quantitative estimate of drug-likeness (QED) is 0.113. The van der Waals surface area contributed by atoms with Gasteiger partial charge < -0.3 is 31.1 Å². The normalized spacial score (nSPS) is 13.1. The Labute approximate surface area is 333 Å². The molecule has 280 valence electrons. The Morgan fingerprint density at radius 3 is 2.30 bits per heavy atom. The van der Waals surface area contributed by atoms with Crippen molar-refractivity contribution in [1.82, 2.24) is 14.9 Å². The lowest BCUT2D eigenvalue weighted by Gasteiger charge is -2.29. The molecule has 53 heavy (non-hydrogen) atoms. The van der Waals surface area contributed by atoms with Crippen LogP contribution in [-0.2, 0) is 15.3 Å². The molecular weight excluding hydrogens is 779 g/mol. The summed E-state index contributed by atoms with van der Waals surface area (Å²) in [6.45, 7) is 3.14. The van der Waals surface area contributed by atoms with E-state index in [4.69, 9.17) is 37.8 Å². The lowest BCUT2D eigenvalue weighted by atomic mass is 9.96. The molecule has 0 aliphatic carbocycles. The number of ether oxygens (including phenoxy) is 1. The van der Waals surface area contributed by atoms with E-state index in [1.807, 2.05) is 29.6 Å². The summed E-state index contributed by atoms with van der Waals surface area (Å²) in [5.74, 6) is -0.190. The number of nitrogens with zero attached hydrogens (tertiary/aromatic N) is 6. The highest BCUT2D eigenvalue weighted by Gasteiger charge is 2.29. The SMILES string of the molecule is C[C@@H](C(=O)O)N(CCOc1ccc(-c2c(C#N)c(SCc3csc(-c4ccc(Cl)cc4)n3)nc(N3CCCC3)c2C#N)cc1)C(=O)[C@@H](N)CCN.Cl.Cl. The van der Waals surface area contributed by atoms with E-state index in [0.717, 1.165) is 42.2 Å². The number of aromatic nitrogens is 2. The minimum absolute atomic E-state index is 0. The molecule has 0 spiro atoms. The van der Waals surface area contributed by atoms with Crippen molar-refractivity contribution < 1.29 is 19.4 Å². The average molecular weight is 818 g/mol. The van der Waals surface area contributed by atoms with Gasteiger partial charge in [0, 0.05) is 40.4 Å². The fraction of sp³-hybridized carbons (Fsp3) is 0.333. The molecule has 0 saturated carbocycles. The van der Waals surface area contributed by atoms with Gasteiger partial charge in [0.15, 0.2) is 0 Å². The molecule has 0 unspecified atom stereocenters. The third-order valence-electron chi connectivity index (χ3n) is 8.42. The van der Waals surface area contributed by atoms with Crippen LogP contribution in [0.3, 0.4) is 0 Å². The Hall–Kier alpha value is -4.12. The lowest BCUT2D eigenvalue weighted by Crippen LogP contribution is -2.52. The zero-order valence-corrected chi connectivity index (χ0v) is 32.8. The number of pyridine rings is 1. The second kappa shape index (κ2) is 20.4. The molecule has 1 amide bonds. The zero-order chi connectivity index (χ0) is 36.5. The third kappa shape index (κ3) is 10.5. The molecule has 12 nitrogen and oxygen atoms in total. The van der Waals surface area contributed by atoms with Crippen molar-refractivity contribution in [3.8, 4) is 39.6 Å². The first-order valence-electron chi connectivity index (χ1n) is 16.3. The molecule has 1 fully saturated rings. The monoisotopic (exact) mass is 816 g/mol. The molecule has 0 bridgehead atoms. The van der Waals surface area contributed by atoms with Crippen molar-refractivity contribution in [1.29, 1.82) is 10.5 Å². The molecule has 2 atom stereocenters. The second-order valence-corrected chi connectivity index (χ2v) is 14.1. The summed E-state index contributed by atoms with van der Waals surface area (Å²) in [5.41, 5.74) is 15.0. The smallest absolute Gasteiger partial charge is 0.326 e. The summed E-state index contributed by atoms with van der Waals surface area (Å²) >= 11 is 8.98. The van der Waals surface area contributed by atoms with E-state index in [-0.39, 0.29) is 50.9 Å². The van der Waals surface area contributed by atoms with E-state index in [0.29, 0.717) is 49.6 Å². The van der Waals surface area contributed by atoms with Crippen molar-refractivity contribution in [3.63, 3.8) is 0 Å². The number of anilines is 1. The first-order valence-corrected chi connectivity index (χ1v) is 18.6. The number of amides is 1. The van der Waals surface area contributed by atoms with Crippen LogP contribution in [0.4, 0.5) is 5.82 Å². The Kier molecular flexibility index (Phi) is 16.6. The fourth-order valence-corrected chi connectivity index (χ4v) is 7.61. The Bertz CT molecular complexity index is 1950. The molecular formula is C36H39Cl3N8O4S2. The largest absolute Gasteiger partial charge is 0.492 e. The van der Waals surface area contributed by atoms with Gasteiger partial charge in [0.1, 0.15) is 52.0 Å². The number of carboxylic acids is 1. The van der Waals surface area contributed by atoms with Gasteiger partial charge in [0.05, 0.1) is 23.8 Å². The van der Waals surface area contributed by atoms with Crippen LogP contribution in [0.2, 0.25) is 5.02 Å². The van der Waals surface area contributed by atoms with Gasteiger partial charge in [-0.15, -0.1) is 36.2 Å². The van der Waals surface area contributed by atoms with Gasteiger partial charge in [0.25, 0.3) is 0 Å². The number of halogens is 3. The van der Waals surface area contributed by atoms with Gasteiger partial charge in [-0.25, -0.2) is 14.8 Å². The maximum Gasteiger partial charge on any atom is 0.326 e. The van der Waals surface area contributed by atoms with Gasteiger partial charge in [-0.2, -0.15) is 10.5 Å². The predicted octanol–water partition coefficient (Wildman–Crippen LogP) is 6.36. The minimum Gasteiger partial charge on any atom is -0.492 e. The number of hydrogen-bond donors (Lipinski definition) is 3. The van der Waals surface area contributed by atoms with Crippen LogP contribution in [0.15, 0.2) is 58.9 Å². The summed E-state index contributed by atoms with van der Waals surface area (Å²) in [4.78, 5) is 37.5. The molecule has 1 saturated heterocycles. The van der Waals surface area contributed by atoms with Crippen molar-refractivity contribution >= 4 is 77.2 Å². The molecule has 0 radical (unpaired) electrons. The molecule has 2 aromatic heterocycles. The number of rotatable bonds is 15. The Balaban J connectivity index is 0.00000378. The highest BCUT2D eigenvalue weighted by atomic mass is 35.5. The van der Waals surface area contributed by atoms with Crippen molar-refractivity contribution in [2.24, 2.45) is 11.5 Å². The standard InChI is InChI=1S/C36H37ClN8O4S2.2ClH/c1-22(36(47)48)45(35(46)30(41)12-13-38)16-17-49-27-10-6-23(7-11-27)31-28(18-39)32(44-14-2-3-15-44)43-34(29(31)19-40)51-21-26-20-50-33(42-26)24-4-8-25(37)9-5-24;;/h4-11,20,22,30H,2-3,12-17,21,38,41H2,1H3,(H,47,48);2*1H/t22-,30-;;/m0../s1. The molecule has 5 rings (SSSR count). The maximum atomic E-state index is 12.8. The van der Waals surface area contributed by atoms with E-state index in [1.54, 1.807) is 24.3 Å². The summed E-state index contributed by atoms with van der Waals surface area (Å²) in [6.07, 6.45) is 2.19. The van der Waals surface area contributed by atoms with Gasteiger partial charge >= 0.3 is 5.97 Å². The summed E-state index contributed by atoms with van der Waals surface area (Å²) in [5, 5.41) is 34.5. The van der Waals surface area contributed by atoms with E-state index < -0.39 is 24.0 Å². The number of hydrogen-bond acceptors (Lipinski definition) is 12. The minimum atomic E-state index is -1.16. The summed E-state index contributed by atoms with van der Waals surface area (Å²) in [6, 6.07) is 17.1. The number of carbonyl (C=O) groups is 2. The zero-order valence-electron chi connectivity index (χ0n) is 28.7. The van der Waals surface area contributed by atoms with E-state index in [1.165, 1.54) is 34.9 Å². The van der Waals surface area contributed by atoms with Crippen LogP contribution < -0.4 is 21.1 Å². The van der Waals surface area contributed by atoms with Crippen LogP contribution in [0, 0.1) is 22.7 Å². The topological polar surface area (TPSA) is 195 Å². The van der Waals surface area contributed by atoms with Crippen LogP contribution >= 0.6 is 59.5 Å². The predicted molar refractivity (Wildman–Crippen MR) is 213 cm³/mol. The number of nitriles is 2. The van der Waals surface area contributed by atoms with Crippen LogP contribution in [0.5, 0.6) is 5.75 Å². The van der Waals surface area contributed by atoms with Crippen LogP contribution in [0.1, 0.15) is 43.0 Å². The van der Waals surface area contributed by atoms with Crippen molar-refractivity contribution in [2.45, 2.75) is 49.0 Å². The number of nitrogens with two attached hydrogens (primary N) is 2. The Morgan fingerprint density at radius 2 is 1.70 bits per heavy atom. The van der Waals surface area contributed by atoms with Crippen LogP contribution in [-0.4, -0.2) is 76.7 Å². The average Bonchev–Trinajstić information content (AvgIpc) is 3.85. The van der Waals surface area contributed by atoms with Gasteiger partial charge in [-0.05, 0) is 62.6 Å². The highest BCUT2D eigenvalue weighted by Crippen LogP contribution is 2.40. The Morgan fingerprint density at radius 1 is 1.06 bits per heavy atom. The van der Waals surface area contributed by atoms with E-state index in [9.17, 15) is 25.2 Å². The fourth-order valence-electron chi connectivity index (χ4n) is 5.68. The van der Waals surface area contributed by atoms with E-state index in [2.05, 4.69) is 17.0 Å². The maximum absolute atomic E-state index is 12.8. The lowest BCUT2D eigenvalue weighted by molar-refractivity contribution is -0.150. The molecule has 2 aromatic carbocycles. The second-order valence-electron chi connectivity index (χ2n) is 11.8. The van der Waals surface area contributed by atoms with Crippen molar-refractivity contribution in [3.05, 3.63) is 75.8 Å². The molecule has 3 heterocycles. The van der Waals surface area contributed by atoms with Gasteiger partial charge in [0.2, 0.25) is 5.91 Å². The van der Waals surface area contributed by atoms with E-state index >= 15 is 0 Å². The summed E-state index contributed by atoms with van der Waals surface area (Å²) < 4.78 is 5.90. The van der Waals surface area contributed by atoms with Gasteiger partial charge in [-0.3, -0.25) is 4.79 Å². The molecule has 5 N–H and O–H groups in total. The number of thioether (sulfide) groups is 1. The summed E-state index contributed by atoms with van der Waals surface area (Å²) in [7, 11) is 0. The molecule has 1 aliphatic heterocycles. The number of thiazole rings is 1. The first-order chi connectivity index (χ1) is 24.6.